The number of pyridine rings is 1. The van der Waals surface area contributed by atoms with Crippen LogP contribution in [-0.2, 0) is 0 Å². The number of rotatable bonds is 5. The molecule has 5 heteroatoms. The molecule has 3 rings (SSSR count). The van der Waals surface area contributed by atoms with Crippen molar-refractivity contribution < 1.29 is 0 Å². The highest BCUT2D eigenvalue weighted by Gasteiger charge is 2.22. The topological polar surface area (TPSA) is 41.1 Å². The van der Waals surface area contributed by atoms with Crippen molar-refractivity contribution in [2.75, 3.05) is 25.0 Å². The first kappa shape index (κ1) is 16.4. The molecule has 1 fully saturated rings. The van der Waals surface area contributed by atoms with Crippen molar-refractivity contribution >= 4 is 22.3 Å². The third-order valence-corrected chi connectivity index (χ3v) is 5.00. The Labute approximate surface area is 143 Å². The molecule has 0 bridgehead atoms. The van der Waals surface area contributed by atoms with Gasteiger partial charge >= 0.3 is 0 Å². The lowest BCUT2D eigenvalue weighted by Gasteiger charge is -2.33. The Morgan fingerprint density at radius 2 is 2.26 bits per heavy atom. The Bertz CT molecular complexity index is 637. The van der Waals surface area contributed by atoms with Crippen molar-refractivity contribution in [2.45, 2.75) is 39.5 Å². The van der Waals surface area contributed by atoms with Gasteiger partial charge < -0.3 is 10.2 Å². The summed E-state index contributed by atoms with van der Waals surface area (Å²) >= 11 is 1.66. The molecule has 0 radical (unpaired) electrons. The molecule has 2 aromatic heterocycles. The quantitative estimate of drug-likeness (QED) is 0.881. The maximum Gasteiger partial charge on any atom is 0.188 e. The summed E-state index contributed by atoms with van der Waals surface area (Å²) in [7, 11) is 0. The van der Waals surface area contributed by atoms with E-state index in [1.54, 1.807) is 11.3 Å². The molecule has 1 aliphatic rings. The zero-order chi connectivity index (χ0) is 16.2. The fraction of sp³-hybridized carbons (Fsp3) is 0.556. The first-order chi connectivity index (χ1) is 11.1. The maximum atomic E-state index is 4.84. The van der Waals surface area contributed by atoms with E-state index in [1.165, 1.54) is 36.5 Å². The SMILES string of the molecule is Cc1cnc(Nc2cccc(C3CCCN(CC(C)C)C3)n2)s1. The van der Waals surface area contributed by atoms with E-state index in [-0.39, 0.29) is 0 Å². The van der Waals surface area contributed by atoms with Crippen LogP contribution in [0.15, 0.2) is 24.4 Å². The van der Waals surface area contributed by atoms with Crippen molar-refractivity contribution in [3.63, 3.8) is 0 Å². The lowest BCUT2D eigenvalue weighted by Crippen LogP contribution is -2.37. The van der Waals surface area contributed by atoms with Gasteiger partial charge in [-0.2, -0.15) is 0 Å². The van der Waals surface area contributed by atoms with Gasteiger partial charge in [0.15, 0.2) is 5.13 Å². The monoisotopic (exact) mass is 330 g/mol. The second-order valence-electron chi connectivity index (χ2n) is 6.84. The zero-order valence-electron chi connectivity index (χ0n) is 14.2. The first-order valence-electron chi connectivity index (χ1n) is 8.49. The molecule has 0 aromatic carbocycles. The smallest absolute Gasteiger partial charge is 0.188 e. The van der Waals surface area contributed by atoms with Crippen LogP contribution in [0.4, 0.5) is 10.9 Å². The third kappa shape index (κ3) is 4.52. The Morgan fingerprint density at radius 3 is 3.00 bits per heavy atom. The van der Waals surface area contributed by atoms with E-state index in [0.29, 0.717) is 5.92 Å². The number of nitrogens with zero attached hydrogens (tertiary/aromatic N) is 3. The van der Waals surface area contributed by atoms with Gasteiger partial charge in [0.05, 0.1) is 0 Å². The molecule has 0 saturated carbocycles. The van der Waals surface area contributed by atoms with E-state index in [2.05, 4.69) is 48.1 Å². The molecule has 0 aliphatic carbocycles. The molecule has 1 unspecified atom stereocenters. The second kappa shape index (κ2) is 7.41. The van der Waals surface area contributed by atoms with Gasteiger partial charge in [0.1, 0.15) is 5.82 Å². The minimum absolute atomic E-state index is 0.544. The Morgan fingerprint density at radius 1 is 1.39 bits per heavy atom. The van der Waals surface area contributed by atoms with Crippen LogP contribution in [0.1, 0.15) is 43.2 Å². The molecule has 124 valence electrons. The molecule has 1 saturated heterocycles. The normalized spacial score (nSPS) is 19.2. The molecular formula is C18H26N4S. The minimum Gasteiger partial charge on any atom is -0.316 e. The molecule has 1 N–H and O–H groups in total. The van der Waals surface area contributed by atoms with Gasteiger partial charge in [-0.15, -0.1) is 11.3 Å². The summed E-state index contributed by atoms with van der Waals surface area (Å²) in [5.74, 6) is 2.17. The van der Waals surface area contributed by atoms with Gasteiger partial charge in [-0.1, -0.05) is 19.9 Å². The summed E-state index contributed by atoms with van der Waals surface area (Å²) < 4.78 is 0. The van der Waals surface area contributed by atoms with Crippen LogP contribution in [0.3, 0.4) is 0 Å². The molecule has 0 spiro atoms. The van der Waals surface area contributed by atoms with E-state index < -0.39 is 0 Å². The predicted molar refractivity (Wildman–Crippen MR) is 97.6 cm³/mol. The Balaban J connectivity index is 1.69. The van der Waals surface area contributed by atoms with E-state index in [0.717, 1.165) is 23.4 Å². The highest BCUT2D eigenvalue weighted by molar-refractivity contribution is 7.15. The lowest BCUT2D eigenvalue weighted by molar-refractivity contribution is 0.186. The lowest BCUT2D eigenvalue weighted by atomic mass is 9.93. The highest BCUT2D eigenvalue weighted by Crippen LogP contribution is 2.28. The van der Waals surface area contributed by atoms with E-state index in [4.69, 9.17) is 4.98 Å². The van der Waals surface area contributed by atoms with Crippen LogP contribution in [0, 0.1) is 12.8 Å². The molecule has 1 aliphatic heterocycles. The molecule has 3 heterocycles. The van der Waals surface area contributed by atoms with Gasteiger partial charge in [0.2, 0.25) is 0 Å². The van der Waals surface area contributed by atoms with Crippen LogP contribution >= 0.6 is 11.3 Å². The van der Waals surface area contributed by atoms with E-state index in [1.807, 2.05) is 12.3 Å². The number of piperidine rings is 1. The van der Waals surface area contributed by atoms with E-state index in [9.17, 15) is 0 Å². The van der Waals surface area contributed by atoms with Crippen LogP contribution in [0.25, 0.3) is 0 Å². The summed E-state index contributed by atoms with van der Waals surface area (Å²) in [4.78, 5) is 13.0. The van der Waals surface area contributed by atoms with E-state index >= 15 is 0 Å². The van der Waals surface area contributed by atoms with Crippen molar-refractivity contribution in [1.29, 1.82) is 0 Å². The van der Waals surface area contributed by atoms with Gasteiger partial charge in [-0.05, 0) is 44.4 Å². The van der Waals surface area contributed by atoms with Crippen LogP contribution < -0.4 is 5.32 Å². The third-order valence-electron chi connectivity index (χ3n) is 4.17. The summed E-state index contributed by atoms with van der Waals surface area (Å²) in [6.45, 7) is 10.2. The molecule has 23 heavy (non-hydrogen) atoms. The van der Waals surface area contributed by atoms with Crippen molar-refractivity contribution in [3.05, 3.63) is 35.0 Å². The number of thiazole rings is 1. The summed E-state index contributed by atoms with van der Waals surface area (Å²) in [6.07, 6.45) is 4.39. The second-order valence-corrected chi connectivity index (χ2v) is 8.08. The molecule has 4 nitrogen and oxygen atoms in total. The molecular weight excluding hydrogens is 304 g/mol. The molecule has 0 amide bonds. The van der Waals surface area contributed by atoms with Crippen LogP contribution in [0.5, 0.6) is 0 Å². The minimum atomic E-state index is 0.544. The average Bonchev–Trinajstić information content (AvgIpc) is 2.92. The average molecular weight is 331 g/mol. The zero-order valence-corrected chi connectivity index (χ0v) is 15.1. The number of hydrogen-bond donors (Lipinski definition) is 1. The Hall–Kier alpha value is -1.46. The highest BCUT2D eigenvalue weighted by atomic mass is 32.1. The van der Waals surface area contributed by atoms with Crippen LogP contribution in [0.2, 0.25) is 0 Å². The fourth-order valence-electron chi connectivity index (χ4n) is 3.25. The number of hydrogen-bond acceptors (Lipinski definition) is 5. The van der Waals surface area contributed by atoms with Gasteiger partial charge in [0.25, 0.3) is 0 Å². The largest absolute Gasteiger partial charge is 0.316 e. The molecule has 2 aromatic rings. The van der Waals surface area contributed by atoms with Crippen LogP contribution in [-0.4, -0.2) is 34.5 Å². The number of anilines is 2. The van der Waals surface area contributed by atoms with Crippen molar-refractivity contribution in [2.24, 2.45) is 5.92 Å². The number of likely N-dealkylation sites (tertiary alicyclic amines) is 1. The van der Waals surface area contributed by atoms with Crippen molar-refractivity contribution in [3.8, 4) is 0 Å². The molecule has 1 atom stereocenters. The first-order valence-corrected chi connectivity index (χ1v) is 9.30. The number of aromatic nitrogens is 2. The van der Waals surface area contributed by atoms with Gasteiger partial charge in [0, 0.05) is 35.8 Å². The Kier molecular flexibility index (Phi) is 5.28. The summed E-state index contributed by atoms with van der Waals surface area (Å²) in [5, 5.41) is 4.24. The summed E-state index contributed by atoms with van der Waals surface area (Å²) in [6, 6.07) is 6.29. The fourth-order valence-corrected chi connectivity index (χ4v) is 3.92. The van der Waals surface area contributed by atoms with Crippen molar-refractivity contribution in [1.82, 2.24) is 14.9 Å². The maximum absolute atomic E-state index is 4.84. The van der Waals surface area contributed by atoms with Gasteiger partial charge in [-0.25, -0.2) is 9.97 Å². The standard InChI is InChI=1S/C18H26N4S/c1-13(2)11-22-9-5-6-15(12-22)16-7-4-8-17(20-16)21-18-19-10-14(3)23-18/h4,7-8,10,13,15H,5-6,9,11-12H2,1-3H3,(H,19,20,21). The number of aryl methyl sites for hydroxylation is 1. The summed E-state index contributed by atoms with van der Waals surface area (Å²) in [5.41, 5.74) is 1.21. The number of nitrogens with one attached hydrogen (secondary N) is 1. The predicted octanol–water partition coefficient (Wildman–Crippen LogP) is 4.43. The van der Waals surface area contributed by atoms with Gasteiger partial charge in [-0.3, -0.25) is 0 Å².